The zero-order valence-electron chi connectivity index (χ0n) is 16.6. The highest BCUT2D eigenvalue weighted by molar-refractivity contribution is 6.32. The first-order valence-electron chi connectivity index (χ1n) is 9.63. The first-order chi connectivity index (χ1) is 15.0. The summed E-state index contributed by atoms with van der Waals surface area (Å²) in [6.45, 7) is 0.0834. The molecule has 0 atom stereocenters. The van der Waals surface area contributed by atoms with Gasteiger partial charge in [-0.1, -0.05) is 48.0 Å². The monoisotopic (exact) mass is 442 g/mol. The topological polar surface area (TPSA) is 61.8 Å². The highest BCUT2D eigenvalue weighted by Gasteiger charge is 2.14. The van der Waals surface area contributed by atoms with Gasteiger partial charge < -0.3 is 14.2 Å². The lowest BCUT2D eigenvalue weighted by atomic mass is 10.2. The van der Waals surface area contributed by atoms with Crippen LogP contribution in [0, 0.1) is 5.82 Å². The smallest absolute Gasteiger partial charge is 0.311 e. The Balaban J connectivity index is 1.40. The van der Waals surface area contributed by atoms with E-state index in [1.807, 2.05) is 48.5 Å². The van der Waals surface area contributed by atoms with Crippen molar-refractivity contribution < 1.29 is 28.2 Å². The van der Waals surface area contributed by atoms with E-state index < -0.39 is 17.8 Å². The number of hydrogen-bond donors (Lipinski definition) is 0. The molecule has 0 aliphatic carbocycles. The number of para-hydroxylation sites is 2. The normalized spacial score (nSPS) is 10.4. The molecule has 5 nitrogen and oxygen atoms in total. The summed E-state index contributed by atoms with van der Waals surface area (Å²) >= 11 is 5.81. The van der Waals surface area contributed by atoms with Crippen LogP contribution in [0.25, 0.3) is 0 Å². The Morgan fingerprint density at radius 1 is 0.839 bits per heavy atom. The first kappa shape index (κ1) is 22.3. The molecular weight excluding hydrogens is 423 g/mol. The summed E-state index contributed by atoms with van der Waals surface area (Å²) < 4.78 is 29.6. The van der Waals surface area contributed by atoms with Crippen LogP contribution >= 0.6 is 11.6 Å². The third kappa shape index (κ3) is 7.12. The van der Waals surface area contributed by atoms with Crippen LogP contribution in [-0.4, -0.2) is 11.9 Å². The molecule has 0 aliphatic heterocycles. The molecule has 0 fully saturated rings. The van der Waals surface area contributed by atoms with Crippen LogP contribution in [-0.2, 0) is 20.9 Å². The highest BCUT2D eigenvalue weighted by Crippen LogP contribution is 2.27. The molecule has 0 N–H and O–H groups in total. The van der Waals surface area contributed by atoms with Gasteiger partial charge in [0.1, 0.15) is 18.1 Å². The maximum Gasteiger partial charge on any atom is 0.311 e. The Hall–Kier alpha value is -3.38. The summed E-state index contributed by atoms with van der Waals surface area (Å²) in [7, 11) is 0. The van der Waals surface area contributed by atoms with E-state index >= 15 is 0 Å². The molecular formula is C24H20ClFO5. The van der Waals surface area contributed by atoms with Gasteiger partial charge in [-0.15, -0.1) is 0 Å². The maximum absolute atomic E-state index is 13.6. The fourth-order valence-corrected chi connectivity index (χ4v) is 2.88. The molecule has 0 heterocycles. The van der Waals surface area contributed by atoms with Crippen LogP contribution in [0.1, 0.15) is 24.8 Å². The predicted molar refractivity (Wildman–Crippen MR) is 114 cm³/mol. The Morgan fingerprint density at radius 2 is 1.55 bits per heavy atom. The zero-order chi connectivity index (χ0) is 22.1. The van der Waals surface area contributed by atoms with Crippen molar-refractivity contribution in [1.82, 2.24) is 0 Å². The number of ether oxygens (including phenoxy) is 3. The van der Waals surface area contributed by atoms with Crippen molar-refractivity contribution in [2.24, 2.45) is 0 Å². The molecule has 0 saturated carbocycles. The van der Waals surface area contributed by atoms with Gasteiger partial charge in [0.25, 0.3) is 0 Å². The van der Waals surface area contributed by atoms with E-state index in [9.17, 15) is 14.0 Å². The van der Waals surface area contributed by atoms with Gasteiger partial charge in [-0.25, -0.2) is 4.39 Å². The molecule has 0 bridgehead atoms. The maximum atomic E-state index is 13.6. The van der Waals surface area contributed by atoms with Crippen molar-refractivity contribution in [3.63, 3.8) is 0 Å². The average molecular weight is 443 g/mol. The van der Waals surface area contributed by atoms with Gasteiger partial charge in [0.15, 0.2) is 11.6 Å². The third-order valence-electron chi connectivity index (χ3n) is 4.17. The molecule has 0 spiro atoms. The summed E-state index contributed by atoms with van der Waals surface area (Å²) in [6, 6.07) is 20.6. The van der Waals surface area contributed by atoms with E-state index in [0.717, 1.165) is 11.6 Å². The Kier molecular flexibility index (Phi) is 8.01. The summed E-state index contributed by atoms with van der Waals surface area (Å²) in [4.78, 5) is 23.8. The van der Waals surface area contributed by atoms with Gasteiger partial charge in [0, 0.05) is 12.8 Å². The Morgan fingerprint density at radius 3 is 2.32 bits per heavy atom. The summed E-state index contributed by atoms with van der Waals surface area (Å²) in [5.74, 6) is -0.820. The van der Waals surface area contributed by atoms with Crippen molar-refractivity contribution in [2.75, 3.05) is 0 Å². The number of carbonyl (C=O) groups excluding carboxylic acids is 2. The second-order valence-corrected chi connectivity index (χ2v) is 7.01. The third-order valence-corrected chi connectivity index (χ3v) is 4.47. The molecule has 0 aliphatic rings. The number of halogens is 2. The molecule has 0 saturated heterocycles. The number of carbonyl (C=O) groups is 2. The van der Waals surface area contributed by atoms with Crippen LogP contribution in [0.4, 0.5) is 4.39 Å². The fourth-order valence-electron chi connectivity index (χ4n) is 2.68. The number of benzene rings is 3. The lowest BCUT2D eigenvalue weighted by Gasteiger charge is -2.09. The van der Waals surface area contributed by atoms with Gasteiger partial charge in [-0.3, -0.25) is 9.59 Å². The fraction of sp³-hybridized carbons (Fsp3) is 0.167. The molecule has 160 valence electrons. The molecule has 0 radical (unpaired) electrons. The van der Waals surface area contributed by atoms with Gasteiger partial charge in [-0.05, 0) is 48.4 Å². The first-order valence-corrected chi connectivity index (χ1v) is 10.0. The van der Waals surface area contributed by atoms with Crippen LogP contribution in [0.15, 0.2) is 72.8 Å². The number of rotatable bonds is 9. The quantitative estimate of drug-likeness (QED) is 0.296. The van der Waals surface area contributed by atoms with Gasteiger partial charge >= 0.3 is 11.9 Å². The van der Waals surface area contributed by atoms with Crippen molar-refractivity contribution in [2.45, 2.75) is 25.9 Å². The molecule has 3 rings (SSSR count). The van der Waals surface area contributed by atoms with E-state index in [0.29, 0.717) is 11.5 Å². The van der Waals surface area contributed by atoms with Gasteiger partial charge in [-0.2, -0.15) is 0 Å². The molecule has 7 heteroatoms. The Labute approximate surface area is 184 Å². The lowest BCUT2D eigenvalue weighted by Crippen LogP contribution is -2.11. The molecule has 3 aromatic carbocycles. The van der Waals surface area contributed by atoms with Crippen molar-refractivity contribution in [1.29, 1.82) is 0 Å². The van der Waals surface area contributed by atoms with E-state index in [4.69, 9.17) is 25.8 Å². The van der Waals surface area contributed by atoms with E-state index in [1.165, 1.54) is 12.1 Å². The minimum absolute atomic E-state index is 0.00577. The van der Waals surface area contributed by atoms with Crippen LogP contribution in [0.3, 0.4) is 0 Å². The second kappa shape index (κ2) is 11.1. The van der Waals surface area contributed by atoms with Crippen LogP contribution in [0.5, 0.6) is 17.2 Å². The standard InChI is InChI=1S/C24H20ClFO5/c25-20-11-5-12-21(26)24(20)31-23(28)14-6-13-22(27)29-16-17-7-4-10-19(15-17)30-18-8-2-1-3-9-18/h1-5,7-12,15H,6,13-14,16H2. The van der Waals surface area contributed by atoms with Gasteiger partial charge in [0.2, 0.25) is 0 Å². The van der Waals surface area contributed by atoms with Crippen LogP contribution < -0.4 is 9.47 Å². The summed E-state index contributed by atoms with van der Waals surface area (Å²) in [6.07, 6.45) is 0.168. The summed E-state index contributed by atoms with van der Waals surface area (Å²) in [5, 5.41) is 0.00577. The number of hydrogen-bond acceptors (Lipinski definition) is 5. The average Bonchev–Trinajstić information content (AvgIpc) is 2.76. The largest absolute Gasteiger partial charge is 0.461 e. The predicted octanol–water partition coefficient (Wildman–Crippen LogP) is 6.09. The summed E-state index contributed by atoms with van der Waals surface area (Å²) in [5.41, 5.74) is 0.774. The van der Waals surface area contributed by atoms with Crippen molar-refractivity contribution in [3.05, 3.63) is 89.2 Å². The van der Waals surface area contributed by atoms with Crippen molar-refractivity contribution in [3.8, 4) is 17.2 Å². The van der Waals surface area contributed by atoms with E-state index in [-0.39, 0.29) is 36.6 Å². The van der Waals surface area contributed by atoms with Crippen molar-refractivity contribution >= 4 is 23.5 Å². The molecule has 31 heavy (non-hydrogen) atoms. The SMILES string of the molecule is O=C(CCCC(=O)Oc1c(F)cccc1Cl)OCc1cccc(Oc2ccccc2)c1. The molecule has 0 aromatic heterocycles. The lowest BCUT2D eigenvalue weighted by molar-refractivity contribution is -0.145. The molecule has 0 unspecified atom stereocenters. The Bertz CT molecular complexity index is 1020. The second-order valence-electron chi connectivity index (χ2n) is 6.60. The molecule has 3 aromatic rings. The minimum Gasteiger partial charge on any atom is -0.461 e. The molecule has 0 amide bonds. The van der Waals surface area contributed by atoms with Crippen LogP contribution in [0.2, 0.25) is 5.02 Å². The van der Waals surface area contributed by atoms with Gasteiger partial charge in [0.05, 0.1) is 5.02 Å². The number of esters is 2. The van der Waals surface area contributed by atoms with E-state index in [1.54, 1.807) is 6.07 Å². The highest BCUT2D eigenvalue weighted by atomic mass is 35.5. The van der Waals surface area contributed by atoms with E-state index in [2.05, 4.69) is 0 Å². The minimum atomic E-state index is -0.723. The zero-order valence-corrected chi connectivity index (χ0v) is 17.3.